The van der Waals surface area contributed by atoms with Crippen molar-refractivity contribution in [3.8, 4) is 0 Å². The van der Waals surface area contributed by atoms with Crippen LogP contribution in [0.1, 0.15) is 32.8 Å². The van der Waals surface area contributed by atoms with Gasteiger partial charge in [0.05, 0.1) is 0 Å². The Balaban J connectivity index is 2.44. The summed E-state index contributed by atoms with van der Waals surface area (Å²) >= 11 is 5.82. The zero-order valence-corrected chi connectivity index (χ0v) is 11.9. The number of rotatable bonds is 5. The Morgan fingerprint density at radius 2 is 1.94 bits per heavy atom. The molecule has 1 amide bonds. The van der Waals surface area contributed by atoms with Crippen molar-refractivity contribution in [1.29, 1.82) is 0 Å². The number of carbonyl (C=O) groups is 1. The summed E-state index contributed by atoms with van der Waals surface area (Å²) in [5.41, 5.74) is 6.49. The van der Waals surface area contributed by atoms with Crippen molar-refractivity contribution in [3.63, 3.8) is 0 Å². The minimum atomic E-state index is -0.468. The standard InChI is InChI=1S/C14H21ClN2O/c1-10(17-13(18)9-14(2,3)16)8-11-4-6-12(15)7-5-11/h4-7,10H,8-9,16H2,1-3H3,(H,17,18). The van der Waals surface area contributed by atoms with Crippen LogP contribution in [0.3, 0.4) is 0 Å². The highest BCUT2D eigenvalue weighted by Crippen LogP contribution is 2.11. The Labute approximate surface area is 114 Å². The molecule has 18 heavy (non-hydrogen) atoms. The van der Waals surface area contributed by atoms with Gasteiger partial charge in [0.15, 0.2) is 0 Å². The van der Waals surface area contributed by atoms with Gasteiger partial charge in [0, 0.05) is 23.0 Å². The van der Waals surface area contributed by atoms with E-state index in [9.17, 15) is 4.79 Å². The van der Waals surface area contributed by atoms with Crippen LogP contribution in [0, 0.1) is 0 Å². The average Bonchev–Trinajstić information content (AvgIpc) is 2.18. The Hall–Kier alpha value is -1.06. The van der Waals surface area contributed by atoms with E-state index in [1.165, 1.54) is 0 Å². The largest absolute Gasteiger partial charge is 0.353 e. The van der Waals surface area contributed by atoms with Crippen molar-refractivity contribution >= 4 is 17.5 Å². The Morgan fingerprint density at radius 1 is 1.39 bits per heavy atom. The molecule has 1 rings (SSSR count). The molecule has 1 atom stereocenters. The molecular formula is C14H21ClN2O. The lowest BCUT2D eigenvalue weighted by Crippen LogP contribution is -2.42. The lowest BCUT2D eigenvalue weighted by atomic mass is 10.0. The van der Waals surface area contributed by atoms with Crippen molar-refractivity contribution in [3.05, 3.63) is 34.9 Å². The van der Waals surface area contributed by atoms with E-state index in [4.69, 9.17) is 17.3 Å². The van der Waals surface area contributed by atoms with Crippen LogP contribution in [-0.2, 0) is 11.2 Å². The minimum absolute atomic E-state index is 0.0102. The number of nitrogens with two attached hydrogens (primary N) is 1. The summed E-state index contributed by atoms with van der Waals surface area (Å²) in [7, 11) is 0. The van der Waals surface area contributed by atoms with E-state index in [1.54, 1.807) is 0 Å². The van der Waals surface area contributed by atoms with Crippen LogP contribution in [-0.4, -0.2) is 17.5 Å². The summed E-state index contributed by atoms with van der Waals surface area (Å²) in [6, 6.07) is 7.74. The second kappa shape index (κ2) is 6.21. The molecule has 0 saturated carbocycles. The van der Waals surface area contributed by atoms with Crippen LogP contribution in [0.15, 0.2) is 24.3 Å². The van der Waals surface area contributed by atoms with Gasteiger partial charge in [-0.25, -0.2) is 0 Å². The molecule has 0 aromatic heterocycles. The zero-order valence-electron chi connectivity index (χ0n) is 11.2. The molecule has 0 aliphatic carbocycles. The third-order valence-corrected chi connectivity index (χ3v) is 2.73. The van der Waals surface area contributed by atoms with Crippen LogP contribution < -0.4 is 11.1 Å². The average molecular weight is 269 g/mol. The van der Waals surface area contributed by atoms with Gasteiger partial charge < -0.3 is 11.1 Å². The van der Waals surface area contributed by atoms with E-state index in [0.29, 0.717) is 6.42 Å². The summed E-state index contributed by atoms with van der Waals surface area (Å²) in [6.07, 6.45) is 1.12. The van der Waals surface area contributed by atoms with Crippen molar-refractivity contribution < 1.29 is 4.79 Å². The van der Waals surface area contributed by atoms with E-state index < -0.39 is 5.54 Å². The molecule has 1 aromatic carbocycles. The summed E-state index contributed by atoms with van der Waals surface area (Å²) in [5.74, 6) is -0.0102. The van der Waals surface area contributed by atoms with Crippen LogP contribution in [0.2, 0.25) is 5.02 Å². The number of hydrogen-bond acceptors (Lipinski definition) is 2. The summed E-state index contributed by atoms with van der Waals surface area (Å²) in [6.45, 7) is 5.67. The molecule has 0 saturated heterocycles. The molecule has 0 aliphatic heterocycles. The molecule has 1 unspecified atom stereocenters. The van der Waals surface area contributed by atoms with Gasteiger partial charge in [-0.1, -0.05) is 23.7 Å². The molecule has 3 nitrogen and oxygen atoms in total. The smallest absolute Gasteiger partial charge is 0.222 e. The van der Waals surface area contributed by atoms with E-state index in [1.807, 2.05) is 45.0 Å². The first-order valence-corrected chi connectivity index (χ1v) is 6.47. The van der Waals surface area contributed by atoms with Gasteiger partial charge in [-0.2, -0.15) is 0 Å². The summed E-state index contributed by atoms with van der Waals surface area (Å²) in [4.78, 5) is 11.7. The van der Waals surface area contributed by atoms with Crippen LogP contribution in [0.5, 0.6) is 0 Å². The monoisotopic (exact) mass is 268 g/mol. The highest BCUT2D eigenvalue weighted by Gasteiger charge is 2.17. The molecule has 3 N–H and O–H groups in total. The fourth-order valence-corrected chi connectivity index (χ4v) is 1.89. The molecule has 0 heterocycles. The maximum Gasteiger partial charge on any atom is 0.222 e. The molecule has 1 aromatic rings. The molecule has 100 valence electrons. The first kappa shape index (κ1) is 15.0. The molecule has 0 spiro atoms. The van der Waals surface area contributed by atoms with Crippen molar-refractivity contribution in [2.75, 3.05) is 0 Å². The van der Waals surface area contributed by atoms with E-state index in [0.717, 1.165) is 17.0 Å². The minimum Gasteiger partial charge on any atom is -0.353 e. The highest BCUT2D eigenvalue weighted by atomic mass is 35.5. The van der Waals surface area contributed by atoms with E-state index >= 15 is 0 Å². The maximum absolute atomic E-state index is 11.7. The Kier molecular flexibility index (Phi) is 5.17. The van der Waals surface area contributed by atoms with Gasteiger partial charge in [0.25, 0.3) is 0 Å². The number of benzene rings is 1. The molecule has 4 heteroatoms. The number of halogens is 1. The van der Waals surface area contributed by atoms with Gasteiger partial charge >= 0.3 is 0 Å². The molecule has 0 aliphatic rings. The van der Waals surface area contributed by atoms with Crippen LogP contribution >= 0.6 is 11.6 Å². The Morgan fingerprint density at radius 3 is 2.44 bits per heavy atom. The third kappa shape index (κ3) is 6.03. The quantitative estimate of drug-likeness (QED) is 0.862. The predicted octanol–water partition coefficient (Wildman–Crippen LogP) is 2.51. The predicted molar refractivity (Wildman–Crippen MR) is 75.6 cm³/mol. The number of hydrogen-bond donors (Lipinski definition) is 2. The fourth-order valence-electron chi connectivity index (χ4n) is 1.76. The molecular weight excluding hydrogens is 248 g/mol. The lowest BCUT2D eigenvalue weighted by molar-refractivity contribution is -0.122. The second-order valence-corrected chi connectivity index (χ2v) is 5.90. The lowest BCUT2D eigenvalue weighted by Gasteiger charge is -2.20. The second-order valence-electron chi connectivity index (χ2n) is 5.46. The molecule has 0 fully saturated rings. The van der Waals surface area contributed by atoms with E-state index in [2.05, 4.69) is 5.32 Å². The molecule has 0 radical (unpaired) electrons. The number of carbonyl (C=O) groups excluding carboxylic acids is 1. The number of nitrogens with one attached hydrogen (secondary N) is 1. The van der Waals surface area contributed by atoms with Gasteiger partial charge in [-0.3, -0.25) is 4.79 Å². The van der Waals surface area contributed by atoms with Gasteiger partial charge in [-0.05, 0) is 44.9 Å². The first-order valence-electron chi connectivity index (χ1n) is 6.09. The third-order valence-electron chi connectivity index (χ3n) is 2.48. The fraction of sp³-hybridized carbons (Fsp3) is 0.500. The highest BCUT2D eigenvalue weighted by molar-refractivity contribution is 6.30. The van der Waals surface area contributed by atoms with Gasteiger partial charge in [0.2, 0.25) is 5.91 Å². The SMILES string of the molecule is CC(Cc1ccc(Cl)cc1)NC(=O)CC(C)(C)N. The van der Waals surface area contributed by atoms with Crippen LogP contribution in [0.4, 0.5) is 0 Å². The zero-order chi connectivity index (χ0) is 13.8. The van der Waals surface area contributed by atoms with Crippen molar-refractivity contribution in [1.82, 2.24) is 5.32 Å². The topological polar surface area (TPSA) is 55.1 Å². The number of amides is 1. The Bertz CT molecular complexity index is 395. The maximum atomic E-state index is 11.7. The van der Waals surface area contributed by atoms with Crippen LogP contribution in [0.25, 0.3) is 0 Å². The van der Waals surface area contributed by atoms with Gasteiger partial charge in [0.1, 0.15) is 0 Å². The van der Waals surface area contributed by atoms with Crippen molar-refractivity contribution in [2.24, 2.45) is 5.73 Å². The van der Waals surface area contributed by atoms with Crippen molar-refractivity contribution in [2.45, 2.75) is 45.2 Å². The summed E-state index contributed by atoms with van der Waals surface area (Å²) in [5, 5.41) is 3.67. The molecule has 0 bridgehead atoms. The normalized spacial score (nSPS) is 13.2. The van der Waals surface area contributed by atoms with Gasteiger partial charge in [-0.15, -0.1) is 0 Å². The first-order chi connectivity index (χ1) is 8.26. The van der Waals surface area contributed by atoms with E-state index in [-0.39, 0.29) is 11.9 Å². The summed E-state index contributed by atoms with van der Waals surface area (Å²) < 4.78 is 0.